The van der Waals surface area contributed by atoms with Gasteiger partial charge < -0.3 is 14.2 Å². The van der Waals surface area contributed by atoms with Crippen molar-refractivity contribution in [3.8, 4) is 0 Å². The van der Waals surface area contributed by atoms with Crippen molar-refractivity contribution in [2.24, 2.45) is 0 Å². The fraction of sp³-hybridized carbons (Fsp3) is 0.776. The Morgan fingerprint density at radius 1 is 0.288 bits per heavy atom. The van der Waals surface area contributed by atoms with E-state index >= 15 is 0 Å². The lowest BCUT2D eigenvalue weighted by molar-refractivity contribution is -0.167. The van der Waals surface area contributed by atoms with Crippen molar-refractivity contribution in [3.05, 3.63) is 72.9 Å². The van der Waals surface area contributed by atoms with Crippen LogP contribution < -0.4 is 0 Å². The van der Waals surface area contributed by atoms with Crippen molar-refractivity contribution in [2.45, 2.75) is 322 Å². The average Bonchev–Trinajstić information content (AvgIpc) is 3.39. The first-order chi connectivity index (χ1) is 36.0. The van der Waals surface area contributed by atoms with Gasteiger partial charge in [0.1, 0.15) is 13.2 Å². The lowest BCUT2D eigenvalue weighted by atomic mass is 10.0. The summed E-state index contributed by atoms with van der Waals surface area (Å²) in [5, 5.41) is 0. The first kappa shape index (κ1) is 69.8. The zero-order valence-electron chi connectivity index (χ0n) is 48.4. The van der Waals surface area contributed by atoms with Gasteiger partial charge in [0.25, 0.3) is 0 Å². The number of carbonyl (C=O) groups is 3. The van der Waals surface area contributed by atoms with E-state index in [-0.39, 0.29) is 31.1 Å². The molecule has 0 saturated carbocycles. The van der Waals surface area contributed by atoms with E-state index in [1.165, 1.54) is 180 Å². The molecule has 0 aromatic heterocycles. The third kappa shape index (κ3) is 59.6. The van der Waals surface area contributed by atoms with Gasteiger partial charge in [-0.1, -0.05) is 280 Å². The lowest BCUT2D eigenvalue weighted by Crippen LogP contribution is -2.30. The summed E-state index contributed by atoms with van der Waals surface area (Å²) in [4.78, 5) is 38.3. The molecule has 0 aromatic rings. The van der Waals surface area contributed by atoms with E-state index in [0.717, 1.165) is 96.3 Å². The molecule has 0 fully saturated rings. The first-order valence-electron chi connectivity index (χ1n) is 31.4. The van der Waals surface area contributed by atoms with Crippen LogP contribution in [0.5, 0.6) is 0 Å². The van der Waals surface area contributed by atoms with Gasteiger partial charge in [-0.3, -0.25) is 14.4 Å². The molecule has 0 spiro atoms. The van der Waals surface area contributed by atoms with E-state index in [4.69, 9.17) is 14.2 Å². The number of rotatable bonds is 57. The molecule has 73 heavy (non-hydrogen) atoms. The van der Waals surface area contributed by atoms with Gasteiger partial charge in [0.2, 0.25) is 0 Å². The van der Waals surface area contributed by atoms with Crippen molar-refractivity contribution >= 4 is 17.9 Å². The number of hydrogen-bond acceptors (Lipinski definition) is 6. The van der Waals surface area contributed by atoms with E-state index < -0.39 is 6.10 Å². The Morgan fingerprint density at radius 2 is 0.534 bits per heavy atom. The summed E-state index contributed by atoms with van der Waals surface area (Å²) in [6.45, 7) is 6.55. The van der Waals surface area contributed by atoms with Crippen LogP contribution in [0.15, 0.2) is 72.9 Å². The minimum Gasteiger partial charge on any atom is -0.462 e. The minimum atomic E-state index is -0.782. The van der Waals surface area contributed by atoms with Crippen molar-refractivity contribution in [3.63, 3.8) is 0 Å². The van der Waals surface area contributed by atoms with Crippen LogP contribution in [0.1, 0.15) is 316 Å². The molecule has 0 heterocycles. The maximum Gasteiger partial charge on any atom is 0.306 e. The van der Waals surface area contributed by atoms with Crippen LogP contribution in [0.2, 0.25) is 0 Å². The molecule has 0 bridgehead atoms. The number of carbonyl (C=O) groups excluding carboxylic acids is 3. The molecule has 0 aromatic carbocycles. The van der Waals surface area contributed by atoms with E-state index in [1.807, 2.05) is 0 Å². The molecule has 6 nitrogen and oxygen atoms in total. The molecule has 0 amide bonds. The summed E-state index contributed by atoms with van der Waals surface area (Å²) >= 11 is 0. The Bertz CT molecular complexity index is 1360. The summed E-state index contributed by atoms with van der Waals surface area (Å²) in [5.74, 6) is -0.878. The molecule has 0 aliphatic heterocycles. The van der Waals surface area contributed by atoms with E-state index in [2.05, 4.69) is 93.7 Å². The predicted molar refractivity (Wildman–Crippen MR) is 316 cm³/mol. The monoisotopic (exact) mass is 1020 g/mol. The van der Waals surface area contributed by atoms with Crippen LogP contribution in [-0.4, -0.2) is 37.2 Å². The van der Waals surface area contributed by atoms with Gasteiger partial charge in [0.15, 0.2) is 6.10 Å². The van der Waals surface area contributed by atoms with Gasteiger partial charge in [-0.2, -0.15) is 0 Å². The van der Waals surface area contributed by atoms with Crippen LogP contribution in [0.4, 0.5) is 0 Å². The molecule has 6 heteroatoms. The highest BCUT2D eigenvalue weighted by molar-refractivity contribution is 5.71. The maximum absolute atomic E-state index is 12.9. The highest BCUT2D eigenvalue weighted by atomic mass is 16.6. The fourth-order valence-electron chi connectivity index (χ4n) is 9.00. The highest BCUT2D eigenvalue weighted by Gasteiger charge is 2.19. The quantitative estimate of drug-likeness (QED) is 0.0261. The largest absolute Gasteiger partial charge is 0.462 e. The second kappa shape index (κ2) is 61.4. The molecular formula is C67H118O6. The van der Waals surface area contributed by atoms with Gasteiger partial charge >= 0.3 is 17.9 Å². The van der Waals surface area contributed by atoms with Crippen LogP contribution in [0.25, 0.3) is 0 Å². The van der Waals surface area contributed by atoms with Gasteiger partial charge in [-0.25, -0.2) is 0 Å². The lowest BCUT2D eigenvalue weighted by Gasteiger charge is -2.18. The number of unbranched alkanes of at least 4 members (excludes halogenated alkanes) is 34. The average molecular weight is 1020 g/mol. The van der Waals surface area contributed by atoms with Crippen LogP contribution >= 0.6 is 0 Å². The SMILES string of the molecule is CC/C=C\C/C=C\C/C=C\C/C=C\C/C=C\CCCCCCCCCC(=O)OCC(COC(=O)CCCCCCCCCCCCCCCC)OC(=O)CCCCCCCCC/C=C\CCCCCCCCC. The van der Waals surface area contributed by atoms with Gasteiger partial charge in [0, 0.05) is 19.3 Å². The second-order valence-electron chi connectivity index (χ2n) is 20.9. The Balaban J connectivity index is 4.36. The molecule has 0 rings (SSSR count). The molecule has 0 radical (unpaired) electrons. The normalized spacial score (nSPS) is 12.5. The molecule has 0 aliphatic rings. The second-order valence-corrected chi connectivity index (χ2v) is 20.9. The minimum absolute atomic E-state index is 0.0775. The zero-order chi connectivity index (χ0) is 52.9. The van der Waals surface area contributed by atoms with Crippen molar-refractivity contribution in [1.82, 2.24) is 0 Å². The summed E-state index contributed by atoms with van der Waals surface area (Å²) < 4.78 is 16.9. The Morgan fingerprint density at radius 3 is 0.849 bits per heavy atom. The van der Waals surface area contributed by atoms with E-state index in [1.54, 1.807) is 0 Å². The molecule has 1 atom stereocenters. The van der Waals surface area contributed by atoms with Crippen LogP contribution in [0, 0.1) is 0 Å². The molecular weight excluding hydrogens is 901 g/mol. The number of esters is 3. The summed E-state index contributed by atoms with van der Waals surface area (Å²) in [7, 11) is 0. The smallest absolute Gasteiger partial charge is 0.306 e. The predicted octanol–water partition coefficient (Wildman–Crippen LogP) is 21.3. The van der Waals surface area contributed by atoms with Crippen molar-refractivity contribution in [2.75, 3.05) is 13.2 Å². The highest BCUT2D eigenvalue weighted by Crippen LogP contribution is 2.16. The first-order valence-corrected chi connectivity index (χ1v) is 31.4. The molecule has 0 saturated heterocycles. The Labute approximate surface area is 453 Å². The number of allylic oxidation sites excluding steroid dienone is 12. The van der Waals surface area contributed by atoms with Crippen molar-refractivity contribution in [1.29, 1.82) is 0 Å². The summed E-state index contributed by atoms with van der Waals surface area (Å²) in [6, 6.07) is 0. The molecule has 0 N–H and O–H groups in total. The van der Waals surface area contributed by atoms with E-state index in [9.17, 15) is 14.4 Å². The Kier molecular flexibility index (Phi) is 58.7. The maximum atomic E-state index is 12.9. The van der Waals surface area contributed by atoms with Gasteiger partial charge in [-0.15, -0.1) is 0 Å². The van der Waals surface area contributed by atoms with Crippen molar-refractivity contribution < 1.29 is 28.6 Å². The van der Waals surface area contributed by atoms with Crippen LogP contribution in [-0.2, 0) is 28.6 Å². The third-order valence-electron chi connectivity index (χ3n) is 13.7. The van der Waals surface area contributed by atoms with Gasteiger partial charge in [-0.05, 0) is 89.9 Å². The number of hydrogen-bond donors (Lipinski definition) is 0. The molecule has 0 aliphatic carbocycles. The van der Waals surface area contributed by atoms with E-state index in [0.29, 0.717) is 19.3 Å². The van der Waals surface area contributed by atoms with Gasteiger partial charge in [0.05, 0.1) is 0 Å². The third-order valence-corrected chi connectivity index (χ3v) is 13.7. The topological polar surface area (TPSA) is 78.9 Å². The Hall–Kier alpha value is -3.15. The zero-order valence-corrected chi connectivity index (χ0v) is 48.4. The standard InChI is InChI=1S/C67H118O6/c1-4-7-10-13-16-19-22-25-28-30-32-33-34-35-36-38-39-42-45-48-51-54-57-60-66(69)72-63-64(62-71-65(68)59-56-53-50-47-44-41-27-24-21-18-15-12-9-6-3)73-67(70)61-58-55-52-49-46-43-40-37-31-29-26-23-20-17-14-11-8-5-2/h7,10,16,19,25,28-29,31-33,35-36,64H,4-6,8-9,11-15,17-18,20-24,26-27,30,34,37-63H2,1-3H3/b10-7-,19-16-,28-25-,31-29-,33-32-,36-35-. The number of ether oxygens (including phenoxy) is 3. The molecule has 1 unspecified atom stereocenters. The summed E-state index contributed by atoms with van der Waals surface area (Å²) in [6.07, 6.45) is 79.0. The van der Waals surface area contributed by atoms with Crippen LogP contribution in [0.3, 0.4) is 0 Å². The summed E-state index contributed by atoms with van der Waals surface area (Å²) in [5.41, 5.74) is 0. The molecule has 422 valence electrons. The fourth-order valence-corrected chi connectivity index (χ4v) is 9.00.